The second kappa shape index (κ2) is 18.5. The molecule has 0 radical (unpaired) electrons. The minimum atomic E-state index is -5.42. The Morgan fingerprint density at radius 2 is 1.41 bits per heavy atom. The van der Waals surface area contributed by atoms with Crippen molar-refractivity contribution < 1.29 is 71.0 Å². The Kier molecular flexibility index (Phi) is 14.3. The van der Waals surface area contributed by atoms with E-state index in [0.717, 1.165) is 38.2 Å². The van der Waals surface area contributed by atoms with E-state index in [-0.39, 0.29) is 12.2 Å². The smallest absolute Gasteiger partial charge is 0.404 e. The van der Waals surface area contributed by atoms with Crippen LogP contribution in [0.4, 0.5) is 5.82 Å². The number of nitrogen functional groups attached to an aromatic ring is 1. The van der Waals surface area contributed by atoms with Crippen LogP contribution in [0.1, 0.15) is 52.8 Å². The first-order valence-corrected chi connectivity index (χ1v) is 25.5. The molecule has 3 aliphatic rings. The fraction of sp³-hybridized carbons (Fsp3) is 0.647. The summed E-state index contributed by atoms with van der Waals surface area (Å²) in [6.45, 7) is 7.99. The molecule has 0 aromatic carbocycles. The summed E-state index contributed by atoms with van der Waals surface area (Å²) in [6.07, 6.45) is -12.6. The largest absolute Gasteiger partial charge is 0.472 e. The standard InChI is InChI=1S/C34H51N7O20P2Si/c1-33(2,3)64(5,6)61-34(4)27(60-63(52,53)54-15-19-25(45)26(46)28(57-19)40-12-9-23(44)38-32(40)49)20(58-29(34)41-10-7-21(35)36-30(41)47)16-55-62(50,51)59-17-13-24(56-18(17)14-42)39-11-8-22(43)37-31(39)48/h7-12,17-20,24-29,42,45-46H,13-16H2,1-6H3,(H,50,51)(H,52,53)(H2,35,36,47)(H,37,43,48)(H,38,44,49)/t17-,18+,19+,20+,24+,25+,26+,27+,28+,29+,34+/m0/s1. The second-order valence-corrected chi connectivity index (χ2v) is 24.5. The van der Waals surface area contributed by atoms with Crippen molar-refractivity contribution in [3.8, 4) is 0 Å². The molecule has 3 aromatic rings. The molecule has 3 aromatic heterocycles. The molecule has 30 heteroatoms. The van der Waals surface area contributed by atoms with Crippen LogP contribution < -0.4 is 33.9 Å². The van der Waals surface area contributed by atoms with Crippen LogP contribution in [0, 0.1) is 0 Å². The van der Waals surface area contributed by atoms with E-state index in [2.05, 4.69) is 9.97 Å². The van der Waals surface area contributed by atoms with Crippen molar-refractivity contribution in [2.24, 2.45) is 0 Å². The van der Waals surface area contributed by atoms with Gasteiger partial charge in [0.05, 0.1) is 19.8 Å². The molecule has 0 bridgehead atoms. The van der Waals surface area contributed by atoms with Crippen molar-refractivity contribution in [3.05, 3.63) is 89.0 Å². The van der Waals surface area contributed by atoms with E-state index in [1.807, 2.05) is 38.8 Å². The van der Waals surface area contributed by atoms with E-state index in [1.165, 1.54) is 19.2 Å². The van der Waals surface area contributed by atoms with Crippen LogP contribution in [0.2, 0.25) is 18.1 Å². The van der Waals surface area contributed by atoms with Crippen LogP contribution in [0.5, 0.6) is 0 Å². The van der Waals surface area contributed by atoms with Gasteiger partial charge in [0, 0.05) is 37.1 Å². The molecule has 13 atom stereocenters. The summed E-state index contributed by atoms with van der Waals surface area (Å²) in [7, 11) is -13.7. The number of rotatable bonds is 16. The number of ether oxygens (including phenoxy) is 3. The first-order chi connectivity index (χ1) is 29.6. The Balaban J connectivity index is 1.29. The van der Waals surface area contributed by atoms with Crippen LogP contribution in [0.15, 0.2) is 60.8 Å². The number of hydrogen-bond donors (Lipinski definition) is 8. The molecule has 0 amide bonds. The van der Waals surface area contributed by atoms with Gasteiger partial charge in [0.2, 0.25) is 0 Å². The van der Waals surface area contributed by atoms with Gasteiger partial charge in [-0.05, 0) is 31.1 Å². The normalized spacial score (nSPS) is 31.8. The van der Waals surface area contributed by atoms with Crippen molar-refractivity contribution >= 4 is 29.8 Å². The third kappa shape index (κ3) is 10.6. The topological polar surface area (TPSA) is 380 Å². The van der Waals surface area contributed by atoms with Crippen molar-refractivity contribution in [2.45, 2.75) is 119 Å². The van der Waals surface area contributed by atoms with E-state index in [9.17, 15) is 58.2 Å². The number of hydrogen-bond acceptors (Lipinski definition) is 20. The molecule has 3 fully saturated rings. The average molecular weight is 968 g/mol. The van der Waals surface area contributed by atoms with Gasteiger partial charge in [-0.2, -0.15) is 4.98 Å². The molecule has 0 aliphatic carbocycles. The Labute approximate surface area is 362 Å². The molecule has 3 saturated heterocycles. The number of nitrogens with one attached hydrogen (secondary N) is 2. The maximum absolute atomic E-state index is 14.0. The Bertz CT molecular complexity index is 2580. The van der Waals surface area contributed by atoms with Crippen molar-refractivity contribution in [1.82, 2.24) is 28.7 Å². The molecule has 3 aliphatic heterocycles. The van der Waals surface area contributed by atoms with E-state index in [1.54, 1.807) is 0 Å². The molecule has 0 saturated carbocycles. The van der Waals surface area contributed by atoms with E-state index < -0.39 is 144 Å². The fourth-order valence-electron chi connectivity index (χ4n) is 7.17. The van der Waals surface area contributed by atoms with Crippen LogP contribution in [0.25, 0.3) is 0 Å². The summed E-state index contributed by atoms with van der Waals surface area (Å²) in [5, 5.41) is 30.9. The van der Waals surface area contributed by atoms with Gasteiger partial charge in [0.25, 0.3) is 11.1 Å². The number of anilines is 1. The van der Waals surface area contributed by atoms with Crippen molar-refractivity contribution in [2.75, 3.05) is 25.6 Å². The van der Waals surface area contributed by atoms with Gasteiger partial charge in [0.1, 0.15) is 60.4 Å². The summed E-state index contributed by atoms with van der Waals surface area (Å²) in [5.74, 6) is -0.163. The summed E-state index contributed by atoms with van der Waals surface area (Å²) in [4.78, 5) is 91.4. The van der Waals surface area contributed by atoms with Crippen molar-refractivity contribution in [3.63, 3.8) is 0 Å². The Morgan fingerprint density at radius 3 is 1.97 bits per heavy atom. The first kappa shape index (κ1) is 49.6. The van der Waals surface area contributed by atoms with Crippen LogP contribution in [-0.4, -0.2) is 130 Å². The number of aliphatic hydroxyl groups excluding tert-OH is 3. The molecular formula is C34H51N7O20P2Si. The Morgan fingerprint density at radius 1 is 0.844 bits per heavy atom. The van der Waals surface area contributed by atoms with Gasteiger partial charge in [-0.3, -0.25) is 51.4 Å². The molecular weight excluding hydrogens is 916 g/mol. The van der Waals surface area contributed by atoms with Crippen LogP contribution in [-0.2, 0) is 45.9 Å². The minimum absolute atomic E-state index is 0.163. The highest BCUT2D eigenvalue weighted by Gasteiger charge is 2.62. The number of aromatic amines is 2. The lowest BCUT2D eigenvalue weighted by Gasteiger charge is -2.46. The number of nitrogens with zero attached hydrogens (tertiary/aromatic N) is 4. The molecule has 6 rings (SSSR count). The van der Waals surface area contributed by atoms with Gasteiger partial charge in [-0.25, -0.2) is 23.5 Å². The number of phosphoric ester groups is 2. The maximum Gasteiger partial charge on any atom is 0.472 e. The predicted molar refractivity (Wildman–Crippen MR) is 219 cm³/mol. The third-order valence-corrected chi connectivity index (χ3v) is 17.9. The number of nitrogens with two attached hydrogens (primary N) is 1. The molecule has 64 heavy (non-hydrogen) atoms. The van der Waals surface area contributed by atoms with Crippen LogP contribution >= 0.6 is 15.6 Å². The number of aromatic nitrogens is 6. The molecule has 6 heterocycles. The van der Waals surface area contributed by atoms with E-state index >= 15 is 0 Å². The zero-order valence-corrected chi connectivity index (χ0v) is 38.0. The zero-order valence-electron chi connectivity index (χ0n) is 35.2. The van der Waals surface area contributed by atoms with E-state index in [0.29, 0.717) is 0 Å². The summed E-state index contributed by atoms with van der Waals surface area (Å²) in [6, 6.07) is 3.27. The van der Waals surface area contributed by atoms with Gasteiger partial charge >= 0.3 is 32.7 Å². The van der Waals surface area contributed by atoms with Gasteiger partial charge in [-0.1, -0.05) is 20.8 Å². The lowest BCUT2D eigenvalue weighted by Crippen LogP contribution is -2.57. The van der Waals surface area contributed by atoms with Gasteiger partial charge in [0.15, 0.2) is 20.8 Å². The second-order valence-electron chi connectivity index (χ2n) is 16.9. The van der Waals surface area contributed by atoms with Gasteiger partial charge < -0.3 is 49.5 Å². The number of phosphoric acid groups is 2. The molecule has 27 nitrogen and oxygen atoms in total. The third-order valence-electron chi connectivity index (χ3n) is 11.4. The van der Waals surface area contributed by atoms with Crippen molar-refractivity contribution in [1.29, 1.82) is 0 Å². The molecule has 2 unspecified atom stereocenters. The highest BCUT2D eigenvalue weighted by Crippen LogP contribution is 2.56. The number of aliphatic hydroxyl groups is 3. The summed E-state index contributed by atoms with van der Waals surface area (Å²) >= 11 is 0. The highest BCUT2D eigenvalue weighted by molar-refractivity contribution is 7.47. The minimum Gasteiger partial charge on any atom is -0.404 e. The fourth-order valence-corrected chi connectivity index (χ4v) is 10.8. The Hall–Kier alpha value is -3.80. The molecule has 9 N–H and O–H groups in total. The van der Waals surface area contributed by atoms with E-state index in [4.69, 9.17) is 42.5 Å². The average Bonchev–Trinajstić information content (AvgIpc) is 3.79. The summed E-state index contributed by atoms with van der Waals surface area (Å²) < 4.78 is 76.5. The quantitative estimate of drug-likeness (QED) is 0.0598. The SMILES string of the molecule is CC(C)(C)[Si](C)(C)O[C@]1(C)[C@H](OP(=O)(O)OC[C@H]2O[C@@H](n3ccc(=O)[nH]c3=O)[C@H](O)[C@@H]2O)[C@@H](COP(=O)(O)O[C@H]2C[C@H](n3ccc(=O)[nH]c3=O)O[C@@H]2CO)O[C@H]1n1ccc(N)nc1=O. The first-order valence-electron chi connectivity index (χ1n) is 19.6. The lowest BCUT2D eigenvalue weighted by molar-refractivity contribution is -0.0910. The molecule has 356 valence electrons. The van der Waals surface area contributed by atoms with Crippen LogP contribution in [0.3, 0.4) is 0 Å². The number of H-pyrrole nitrogens is 2. The monoisotopic (exact) mass is 967 g/mol. The lowest BCUT2D eigenvalue weighted by atomic mass is 9.96. The maximum atomic E-state index is 14.0. The zero-order chi connectivity index (χ0) is 47.3. The summed E-state index contributed by atoms with van der Waals surface area (Å²) in [5.41, 5.74) is -0.463. The molecule has 0 spiro atoms. The highest BCUT2D eigenvalue weighted by atomic mass is 31.2. The van der Waals surface area contributed by atoms with Gasteiger partial charge in [-0.15, -0.1) is 0 Å². The predicted octanol–water partition coefficient (Wildman–Crippen LogP) is -1.49.